The van der Waals surface area contributed by atoms with Gasteiger partial charge in [0.15, 0.2) is 0 Å². The largest absolute Gasteiger partial charge is 0.469 e. The zero-order chi connectivity index (χ0) is 14.6. The maximum Gasteiger partial charge on any atom is 0.312 e. The highest BCUT2D eigenvalue weighted by atomic mass is 32.1. The third-order valence-corrected chi connectivity index (χ3v) is 5.44. The van der Waals surface area contributed by atoms with Gasteiger partial charge in [-0.3, -0.25) is 9.59 Å². The van der Waals surface area contributed by atoms with E-state index in [1.165, 1.54) is 7.11 Å². The fourth-order valence-corrected chi connectivity index (χ4v) is 4.43. The molecule has 2 saturated heterocycles. The summed E-state index contributed by atoms with van der Waals surface area (Å²) in [6.07, 6.45) is 3.52. The molecule has 4 heterocycles. The molecule has 110 valence electrons. The van der Waals surface area contributed by atoms with Gasteiger partial charge in [0.25, 0.3) is 0 Å². The van der Waals surface area contributed by atoms with Crippen molar-refractivity contribution in [2.75, 3.05) is 13.7 Å². The Morgan fingerprint density at radius 3 is 3.19 bits per heavy atom. The molecule has 0 saturated carbocycles. The molecule has 3 aliphatic heterocycles. The lowest BCUT2D eigenvalue weighted by molar-refractivity contribution is -0.151. The van der Waals surface area contributed by atoms with E-state index in [1.807, 2.05) is 29.7 Å². The highest BCUT2D eigenvalue weighted by Crippen LogP contribution is 2.52. The predicted molar refractivity (Wildman–Crippen MR) is 75.5 cm³/mol. The monoisotopic (exact) mass is 305 g/mol. The molecule has 1 aromatic rings. The number of carbonyl (C=O) groups is 2. The molecule has 2 fully saturated rings. The van der Waals surface area contributed by atoms with E-state index in [2.05, 4.69) is 0 Å². The molecule has 5 nitrogen and oxygen atoms in total. The molecule has 4 atom stereocenters. The van der Waals surface area contributed by atoms with Crippen molar-refractivity contribution in [3.05, 3.63) is 34.5 Å². The highest BCUT2D eigenvalue weighted by molar-refractivity contribution is 7.09. The van der Waals surface area contributed by atoms with Crippen LogP contribution < -0.4 is 0 Å². The van der Waals surface area contributed by atoms with E-state index < -0.39 is 17.4 Å². The van der Waals surface area contributed by atoms with Crippen LogP contribution in [0, 0.1) is 11.8 Å². The zero-order valence-electron chi connectivity index (χ0n) is 11.5. The Kier molecular flexibility index (Phi) is 2.74. The standard InChI is InChI=1S/C15H15NO4S/c1-19-14(18)11-10-4-5-15(20-10)8-16(13(17)12(11)15)7-9-3-2-6-21-9/h2-6,10-12H,7-8H2,1H3/t10-,11-,12-,15+/m0/s1. The quantitative estimate of drug-likeness (QED) is 0.622. The van der Waals surface area contributed by atoms with Gasteiger partial charge in [-0.1, -0.05) is 18.2 Å². The number of thiophene rings is 1. The van der Waals surface area contributed by atoms with Crippen molar-refractivity contribution in [2.45, 2.75) is 18.2 Å². The second-order valence-electron chi connectivity index (χ2n) is 5.70. The summed E-state index contributed by atoms with van der Waals surface area (Å²) in [6, 6.07) is 3.98. The molecular weight excluding hydrogens is 290 g/mol. The van der Waals surface area contributed by atoms with Gasteiger partial charge in [0.2, 0.25) is 5.91 Å². The number of likely N-dealkylation sites (tertiary alicyclic amines) is 1. The Bertz CT molecular complexity index is 626. The first-order valence-electron chi connectivity index (χ1n) is 6.91. The van der Waals surface area contributed by atoms with Crippen molar-refractivity contribution in [2.24, 2.45) is 11.8 Å². The summed E-state index contributed by atoms with van der Waals surface area (Å²) in [6.45, 7) is 1.08. The van der Waals surface area contributed by atoms with Gasteiger partial charge in [-0.15, -0.1) is 11.3 Å². The SMILES string of the molecule is COC(=O)[C@H]1[C@@H]2C=C[C@]3(CN(Cc4cccs4)C(=O)[C@H]13)O2. The number of nitrogens with zero attached hydrogens (tertiary/aromatic N) is 1. The molecule has 0 aromatic carbocycles. The molecule has 3 aliphatic rings. The lowest BCUT2D eigenvalue weighted by atomic mass is 9.77. The average molecular weight is 305 g/mol. The van der Waals surface area contributed by atoms with Gasteiger partial charge < -0.3 is 14.4 Å². The number of fused-ring (bicyclic) bond motifs is 1. The number of rotatable bonds is 3. The molecule has 2 bridgehead atoms. The maximum absolute atomic E-state index is 12.7. The Morgan fingerprint density at radius 2 is 2.48 bits per heavy atom. The normalized spacial score (nSPS) is 36.3. The molecule has 4 rings (SSSR count). The van der Waals surface area contributed by atoms with Crippen molar-refractivity contribution >= 4 is 23.2 Å². The lowest BCUT2D eigenvalue weighted by Gasteiger charge is -2.22. The van der Waals surface area contributed by atoms with Crippen LogP contribution >= 0.6 is 11.3 Å². The van der Waals surface area contributed by atoms with Gasteiger partial charge in [-0.25, -0.2) is 0 Å². The van der Waals surface area contributed by atoms with Crippen LogP contribution in [0.2, 0.25) is 0 Å². The highest BCUT2D eigenvalue weighted by Gasteiger charge is 2.67. The number of hydrogen-bond donors (Lipinski definition) is 0. The zero-order valence-corrected chi connectivity index (χ0v) is 12.3. The second-order valence-corrected chi connectivity index (χ2v) is 6.73. The minimum atomic E-state index is -0.641. The van der Waals surface area contributed by atoms with Crippen LogP contribution in [0.5, 0.6) is 0 Å². The molecule has 0 radical (unpaired) electrons. The number of esters is 1. The van der Waals surface area contributed by atoms with Gasteiger partial charge in [-0.05, 0) is 11.4 Å². The van der Waals surface area contributed by atoms with Gasteiger partial charge in [0, 0.05) is 4.88 Å². The van der Waals surface area contributed by atoms with Crippen molar-refractivity contribution in [3.63, 3.8) is 0 Å². The van der Waals surface area contributed by atoms with E-state index in [9.17, 15) is 9.59 Å². The topological polar surface area (TPSA) is 55.8 Å². The minimum Gasteiger partial charge on any atom is -0.469 e. The Hall–Kier alpha value is -1.66. The van der Waals surface area contributed by atoms with E-state index in [-0.39, 0.29) is 18.0 Å². The van der Waals surface area contributed by atoms with E-state index in [0.29, 0.717) is 13.1 Å². The van der Waals surface area contributed by atoms with Crippen LogP contribution in [-0.4, -0.2) is 42.1 Å². The molecular formula is C15H15NO4S. The van der Waals surface area contributed by atoms with Crippen molar-refractivity contribution in [1.82, 2.24) is 4.90 Å². The maximum atomic E-state index is 12.7. The summed E-state index contributed by atoms with van der Waals surface area (Å²) in [5.41, 5.74) is -0.641. The van der Waals surface area contributed by atoms with Crippen molar-refractivity contribution < 1.29 is 19.1 Å². The first-order chi connectivity index (χ1) is 10.1. The van der Waals surface area contributed by atoms with Gasteiger partial charge in [0.05, 0.1) is 32.2 Å². The number of methoxy groups -OCH3 is 1. The third kappa shape index (κ3) is 1.72. The third-order valence-electron chi connectivity index (χ3n) is 4.58. The Labute approximate surface area is 126 Å². The van der Waals surface area contributed by atoms with E-state index in [0.717, 1.165) is 4.88 Å². The molecule has 0 aliphatic carbocycles. The van der Waals surface area contributed by atoms with Gasteiger partial charge in [0.1, 0.15) is 11.5 Å². The summed E-state index contributed by atoms with van der Waals surface area (Å²) in [5.74, 6) is -1.33. The number of hydrogen-bond acceptors (Lipinski definition) is 5. The predicted octanol–water partition coefficient (Wildman–Crippen LogP) is 1.20. The van der Waals surface area contributed by atoms with Crippen LogP contribution in [0.25, 0.3) is 0 Å². The van der Waals surface area contributed by atoms with Gasteiger partial charge >= 0.3 is 5.97 Å². The molecule has 0 unspecified atom stereocenters. The summed E-state index contributed by atoms with van der Waals surface area (Å²) >= 11 is 1.62. The first kappa shape index (κ1) is 13.0. The molecule has 1 amide bonds. The van der Waals surface area contributed by atoms with E-state index >= 15 is 0 Å². The molecule has 6 heteroatoms. The summed E-state index contributed by atoms with van der Waals surface area (Å²) in [7, 11) is 1.35. The molecule has 0 N–H and O–H groups in total. The van der Waals surface area contributed by atoms with E-state index in [1.54, 1.807) is 16.2 Å². The molecule has 21 heavy (non-hydrogen) atoms. The van der Waals surface area contributed by atoms with Crippen molar-refractivity contribution in [3.8, 4) is 0 Å². The van der Waals surface area contributed by atoms with Crippen LogP contribution in [0.1, 0.15) is 4.88 Å². The van der Waals surface area contributed by atoms with Crippen LogP contribution in [0.3, 0.4) is 0 Å². The fraction of sp³-hybridized carbons (Fsp3) is 0.467. The first-order valence-corrected chi connectivity index (χ1v) is 7.79. The number of ether oxygens (including phenoxy) is 2. The summed E-state index contributed by atoms with van der Waals surface area (Å²) in [5, 5.41) is 1.99. The van der Waals surface area contributed by atoms with Crippen LogP contribution in [0.15, 0.2) is 29.7 Å². The number of carbonyl (C=O) groups excluding carboxylic acids is 2. The number of amides is 1. The van der Waals surface area contributed by atoms with Crippen LogP contribution in [0.4, 0.5) is 0 Å². The van der Waals surface area contributed by atoms with Crippen molar-refractivity contribution in [1.29, 1.82) is 0 Å². The average Bonchev–Trinajstić information content (AvgIpc) is 3.22. The Morgan fingerprint density at radius 1 is 1.62 bits per heavy atom. The van der Waals surface area contributed by atoms with Gasteiger partial charge in [-0.2, -0.15) is 0 Å². The Balaban J connectivity index is 1.64. The van der Waals surface area contributed by atoms with E-state index in [4.69, 9.17) is 9.47 Å². The molecule has 1 aromatic heterocycles. The minimum absolute atomic E-state index is 0.00866. The molecule has 1 spiro atoms. The smallest absolute Gasteiger partial charge is 0.312 e. The summed E-state index contributed by atoms with van der Waals surface area (Å²) in [4.78, 5) is 27.7. The summed E-state index contributed by atoms with van der Waals surface area (Å²) < 4.78 is 10.8. The van der Waals surface area contributed by atoms with Crippen LogP contribution in [-0.2, 0) is 25.6 Å². The lowest BCUT2D eigenvalue weighted by Crippen LogP contribution is -2.39. The second kappa shape index (κ2) is 4.42. The fourth-order valence-electron chi connectivity index (χ4n) is 3.71.